The van der Waals surface area contributed by atoms with Gasteiger partial charge in [-0.1, -0.05) is 22.0 Å². The molecule has 0 atom stereocenters. The van der Waals surface area contributed by atoms with Crippen LogP contribution in [0.15, 0.2) is 34.2 Å². The number of aromatic nitrogens is 1. The second-order valence-electron chi connectivity index (χ2n) is 4.88. The van der Waals surface area contributed by atoms with Gasteiger partial charge in [-0.3, -0.25) is 4.79 Å². The zero-order valence-electron chi connectivity index (χ0n) is 11.0. The third-order valence-electron chi connectivity index (χ3n) is 2.83. The third kappa shape index (κ3) is 3.22. The molecule has 1 heterocycles. The molecule has 0 unspecified atom stereocenters. The SMILES string of the molecule is Cc1ccc(C(=O)NC(C)(C)c2nccs2)cc1Br. The fraction of sp³-hybridized carbons (Fsp3) is 0.286. The maximum absolute atomic E-state index is 12.3. The minimum Gasteiger partial charge on any atom is -0.341 e. The second-order valence-corrected chi connectivity index (χ2v) is 6.63. The molecule has 2 aromatic rings. The van der Waals surface area contributed by atoms with Gasteiger partial charge in [0.15, 0.2) is 0 Å². The number of hydrogen-bond acceptors (Lipinski definition) is 3. The summed E-state index contributed by atoms with van der Waals surface area (Å²) in [5.41, 5.74) is 1.28. The van der Waals surface area contributed by atoms with Crippen LogP contribution in [-0.4, -0.2) is 10.9 Å². The first-order valence-corrected chi connectivity index (χ1v) is 7.56. The fourth-order valence-electron chi connectivity index (χ4n) is 1.68. The lowest BCUT2D eigenvalue weighted by molar-refractivity contribution is 0.0912. The van der Waals surface area contributed by atoms with Crippen LogP contribution >= 0.6 is 27.3 Å². The van der Waals surface area contributed by atoms with Gasteiger partial charge < -0.3 is 5.32 Å². The molecule has 0 spiro atoms. The van der Waals surface area contributed by atoms with E-state index in [-0.39, 0.29) is 5.91 Å². The van der Waals surface area contributed by atoms with E-state index in [9.17, 15) is 4.79 Å². The first-order valence-electron chi connectivity index (χ1n) is 5.89. The summed E-state index contributed by atoms with van der Waals surface area (Å²) in [6.07, 6.45) is 1.75. The number of nitrogens with one attached hydrogen (secondary N) is 1. The summed E-state index contributed by atoms with van der Waals surface area (Å²) < 4.78 is 0.937. The lowest BCUT2D eigenvalue weighted by Gasteiger charge is -2.24. The Morgan fingerprint density at radius 2 is 2.16 bits per heavy atom. The van der Waals surface area contributed by atoms with Crippen LogP contribution in [0.2, 0.25) is 0 Å². The van der Waals surface area contributed by atoms with Gasteiger partial charge in [-0.25, -0.2) is 4.98 Å². The predicted octanol–water partition coefficient (Wildman–Crippen LogP) is 3.88. The van der Waals surface area contributed by atoms with E-state index in [1.807, 2.05) is 44.4 Å². The highest BCUT2D eigenvalue weighted by molar-refractivity contribution is 9.10. The Labute approximate surface area is 125 Å². The van der Waals surface area contributed by atoms with Crippen molar-refractivity contribution in [2.75, 3.05) is 0 Å². The van der Waals surface area contributed by atoms with Crippen molar-refractivity contribution >= 4 is 33.2 Å². The topological polar surface area (TPSA) is 42.0 Å². The number of rotatable bonds is 3. The van der Waals surface area contributed by atoms with E-state index in [1.54, 1.807) is 6.20 Å². The molecule has 1 N–H and O–H groups in total. The highest BCUT2D eigenvalue weighted by Crippen LogP contribution is 2.23. The summed E-state index contributed by atoms with van der Waals surface area (Å²) in [7, 11) is 0. The Kier molecular flexibility index (Phi) is 4.06. The average Bonchev–Trinajstić information content (AvgIpc) is 2.86. The van der Waals surface area contributed by atoms with E-state index in [4.69, 9.17) is 0 Å². The highest BCUT2D eigenvalue weighted by Gasteiger charge is 2.26. The summed E-state index contributed by atoms with van der Waals surface area (Å²) in [5, 5.41) is 5.81. The number of nitrogens with zero attached hydrogens (tertiary/aromatic N) is 1. The molecule has 1 aromatic carbocycles. The van der Waals surface area contributed by atoms with Crippen molar-refractivity contribution in [1.82, 2.24) is 10.3 Å². The van der Waals surface area contributed by atoms with Crippen LogP contribution in [0.4, 0.5) is 0 Å². The van der Waals surface area contributed by atoms with E-state index in [1.165, 1.54) is 11.3 Å². The van der Waals surface area contributed by atoms with Crippen molar-refractivity contribution in [2.24, 2.45) is 0 Å². The Morgan fingerprint density at radius 3 is 2.74 bits per heavy atom. The molecule has 0 aliphatic carbocycles. The molecule has 0 radical (unpaired) electrons. The quantitative estimate of drug-likeness (QED) is 0.922. The van der Waals surface area contributed by atoms with Gasteiger partial charge in [-0.15, -0.1) is 11.3 Å². The summed E-state index contributed by atoms with van der Waals surface area (Å²) >= 11 is 4.98. The molecule has 19 heavy (non-hydrogen) atoms. The minimum atomic E-state index is -0.470. The number of aryl methyl sites for hydroxylation is 1. The molecule has 0 aliphatic heterocycles. The normalized spacial score (nSPS) is 11.4. The Balaban J connectivity index is 2.19. The van der Waals surface area contributed by atoms with E-state index < -0.39 is 5.54 Å². The minimum absolute atomic E-state index is 0.0964. The van der Waals surface area contributed by atoms with Gasteiger partial charge in [0.25, 0.3) is 5.91 Å². The Bertz CT molecular complexity index is 593. The zero-order chi connectivity index (χ0) is 14.0. The molecular weight excluding hydrogens is 324 g/mol. The number of halogens is 1. The molecule has 1 aromatic heterocycles. The largest absolute Gasteiger partial charge is 0.341 e. The molecular formula is C14H15BrN2OS. The number of benzene rings is 1. The lowest BCUT2D eigenvalue weighted by atomic mass is 10.1. The van der Waals surface area contributed by atoms with Crippen LogP contribution in [0.25, 0.3) is 0 Å². The standard InChI is InChI=1S/C14H15BrN2OS/c1-9-4-5-10(8-11(9)15)12(18)17-14(2,3)13-16-6-7-19-13/h4-8H,1-3H3,(H,17,18). The van der Waals surface area contributed by atoms with Crippen molar-refractivity contribution in [1.29, 1.82) is 0 Å². The summed E-state index contributed by atoms with van der Waals surface area (Å²) in [6, 6.07) is 5.59. The molecule has 0 fully saturated rings. The van der Waals surface area contributed by atoms with Crippen LogP contribution in [0.5, 0.6) is 0 Å². The molecule has 0 saturated carbocycles. The number of carbonyl (C=O) groups excluding carboxylic acids is 1. The second kappa shape index (κ2) is 5.43. The fourth-order valence-corrected chi connectivity index (χ4v) is 2.77. The van der Waals surface area contributed by atoms with Gasteiger partial charge >= 0.3 is 0 Å². The molecule has 3 nitrogen and oxygen atoms in total. The summed E-state index contributed by atoms with van der Waals surface area (Å²) in [6.45, 7) is 5.89. The Morgan fingerprint density at radius 1 is 1.42 bits per heavy atom. The first kappa shape index (κ1) is 14.2. The maximum Gasteiger partial charge on any atom is 0.252 e. The van der Waals surface area contributed by atoms with Crippen LogP contribution in [-0.2, 0) is 5.54 Å². The molecule has 2 rings (SSSR count). The molecule has 0 aliphatic rings. The highest BCUT2D eigenvalue weighted by atomic mass is 79.9. The number of hydrogen-bond donors (Lipinski definition) is 1. The smallest absolute Gasteiger partial charge is 0.252 e. The van der Waals surface area contributed by atoms with Crippen molar-refractivity contribution in [3.63, 3.8) is 0 Å². The summed E-state index contributed by atoms with van der Waals surface area (Å²) in [5.74, 6) is -0.0964. The van der Waals surface area contributed by atoms with Crippen LogP contribution < -0.4 is 5.32 Å². The van der Waals surface area contributed by atoms with Crippen LogP contribution in [0.1, 0.15) is 34.8 Å². The van der Waals surface area contributed by atoms with Gasteiger partial charge in [0.2, 0.25) is 0 Å². The van der Waals surface area contributed by atoms with Gasteiger partial charge in [-0.05, 0) is 38.5 Å². The molecule has 5 heteroatoms. The van der Waals surface area contributed by atoms with Gasteiger partial charge in [-0.2, -0.15) is 0 Å². The maximum atomic E-state index is 12.3. The molecule has 0 saturated heterocycles. The van der Waals surface area contributed by atoms with Gasteiger partial charge in [0.1, 0.15) is 5.01 Å². The first-order chi connectivity index (χ1) is 8.90. The number of thiazole rings is 1. The molecule has 0 bridgehead atoms. The number of carbonyl (C=O) groups is 1. The number of amides is 1. The van der Waals surface area contributed by atoms with E-state index in [2.05, 4.69) is 26.2 Å². The van der Waals surface area contributed by atoms with E-state index >= 15 is 0 Å². The van der Waals surface area contributed by atoms with Crippen molar-refractivity contribution in [2.45, 2.75) is 26.3 Å². The van der Waals surface area contributed by atoms with Crippen LogP contribution in [0.3, 0.4) is 0 Å². The summed E-state index contributed by atoms with van der Waals surface area (Å²) in [4.78, 5) is 16.5. The monoisotopic (exact) mass is 338 g/mol. The zero-order valence-corrected chi connectivity index (χ0v) is 13.4. The van der Waals surface area contributed by atoms with Crippen molar-refractivity contribution in [3.8, 4) is 0 Å². The van der Waals surface area contributed by atoms with Crippen LogP contribution in [0, 0.1) is 6.92 Å². The van der Waals surface area contributed by atoms with Crippen molar-refractivity contribution in [3.05, 3.63) is 50.4 Å². The third-order valence-corrected chi connectivity index (χ3v) is 4.78. The average molecular weight is 339 g/mol. The predicted molar refractivity (Wildman–Crippen MR) is 81.5 cm³/mol. The van der Waals surface area contributed by atoms with E-state index in [0.29, 0.717) is 5.56 Å². The van der Waals surface area contributed by atoms with E-state index in [0.717, 1.165) is 15.0 Å². The van der Waals surface area contributed by atoms with Crippen molar-refractivity contribution < 1.29 is 4.79 Å². The van der Waals surface area contributed by atoms with Gasteiger partial charge in [0, 0.05) is 21.6 Å². The molecule has 1 amide bonds. The van der Waals surface area contributed by atoms with Gasteiger partial charge in [0.05, 0.1) is 5.54 Å². The lowest BCUT2D eigenvalue weighted by Crippen LogP contribution is -2.40. The molecule has 100 valence electrons. The Hall–Kier alpha value is -1.20.